The van der Waals surface area contributed by atoms with Crippen molar-refractivity contribution in [3.05, 3.63) is 53.8 Å². The third-order valence-electron chi connectivity index (χ3n) is 2.68. The summed E-state index contributed by atoms with van der Waals surface area (Å²) in [6.07, 6.45) is 0. The zero-order chi connectivity index (χ0) is 11.8. The first-order chi connectivity index (χ1) is 8.25. The normalized spacial score (nSPS) is 10.9. The van der Waals surface area contributed by atoms with Crippen molar-refractivity contribution in [2.75, 3.05) is 0 Å². The summed E-state index contributed by atoms with van der Waals surface area (Å²) in [4.78, 5) is 0. The van der Waals surface area contributed by atoms with Crippen LogP contribution in [0.5, 0.6) is 0 Å². The van der Waals surface area contributed by atoms with Crippen LogP contribution in [-0.2, 0) is 0 Å². The number of halogens is 1. The van der Waals surface area contributed by atoms with Crippen molar-refractivity contribution in [1.29, 1.82) is 0 Å². The average molecular weight is 227 g/mol. The number of rotatable bonds is 1. The predicted octanol–water partition coefficient (Wildman–Crippen LogP) is 2.87. The lowest BCUT2D eigenvalue weighted by molar-refractivity contribution is 0.609. The fourth-order valence-electron chi connectivity index (χ4n) is 1.83. The number of hydrogen-bond acceptors (Lipinski definition) is 2. The molecule has 0 aliphatic carbocycles. The number of fused-ring (bicyclic) bond motifs is 1. The van der Waals surface area contributed by atoms with E-state index in [0.29, 0.717) is 5.69 Å². The third-order valence-corrected chi connectivity index (χ3v) is 2.68. The Kier molecular flexibility index (Phi) is 2.14. The van der Waals surface area contributed by atoms with E-state index < -0.39 is 0 Å². The first-order valence-electron chi connectivity index (χ1n) is 5.33. The van der Waals surface area contributed by atoms with Crippen molar-refractivity contribution < 1.29 is 4.39 Å². The van der Waals surface area contributed by atoms with E-state index in [4.69, 9.17) is 0 Å². The van der Waals surface area contributed by atoms with Crippen molar-refractivity contribution in [2.45, 2.75) is 6.92 Å². The Morgan fingerprint density at radius 1 is 1.12 bits per heavy atom. The molecule has 17 heavy (non-hydrogen) atoms. The molecule has 3 nitrogen and oxygen atoms in total. The molecule has 3 aromatic rings. The van der Waals surface area contributed by atoms with Crippen molar-refractivity contribution >= 4 is 11.0 Å². The number of benzene rings is 2. The minimum atomic E-state index is -0.300. The van der Waals surface area contributed by atoms with Crippen LogP contribution in [0.1, 0.15) is 5.56 Å². The van der Waals surface area contributed by atoms with Gasteiger partial charge in [0.05, 0.1) is 5.52 Å². The number of aromatic nitrogens is 3. The highest BCUT2D eigenvalue weighted by Gasteiger charge is 2.10. The number of aryl methyl sites for hydroxylation is 1. The van der Waals surface area contributed by atoms with E-state index in [1.54, 1.807) is 12.1 Å². The Hall–Kier alpha value is -2.23. The molecule has 0 saturated heterocycles. The summed E-state index contributed by atoms with van der Waals surface area (Å²) < 4.78 is 15.3. The van der Waals surface area contributed by atoms with Crippen LogP contribution >= 0.6 is 0 Å². The van der Waals surface area contributed by atoms with Gasteiger partial charge in [-0.15, -0.1) is 5.10 Å². The summed E-state index contributed by atoms with van der Waals surface area (Å²) in [6.45, 7) is 1.92. The van der Waals surface area contributed by atoms with Gasteiger partial charge < -0.3 is 0 Å². The van der Waals surface area contributed by atoms with Crippen LogP contribution in [0.4, 0.5) is 4.39 Å². The zero-order valence-corrected chi connectivity index (χ0v) is 9.26. The Morgan fingerprint density at radius 2 is 1.94 bits per heavy atom. The zero-order valence-electron chi connectivity index (χ0n) is 9.26. The molecule has 0 atom stereocenters. The lowest BCUT2D eigenvalue weighted by Crippen LogP contribution is -2.00. The fraction of sp³-hybridized carbons (Fsp3) is 0.0769. The van der Waals surface area contributed by atoms with E-state index in [1.807, 2.05) is 31.2 Å². The van der Waals surface area contributed by atoms with E-state index >= 15 is 0 Å². The van der Waals surface area contributed by atoms with Gasteiger partial charge in [-0.05, 0) is 36.8 Å². The van der Waals surface area contributed by atoms with Gasteiger partial charge in [-0.1, -0.05) is 23.4 Å². The van der Waals surface area contributed by atoms with Crippen LogP contribution in [0.3, 0.4) is 0 Å². The summed E-state index contributed by atoms with van der Waals surface area (Å²) in [6, 6.07) is 12.4. The number of hydrogen-bond donors (Lipinski definition) is 0. The van der Waals surface area contributed by atoms with E-state index in [9.17, 15) is 4.39 Å². The van der Waals surface area contributed by atoms with Crippen molar-refractivity contribution in [3.8, 4) is 5.69 Å². The second kappa shape index (κ2) is 3.66. The van der Waals surface area contributed by atoms with Gasteiger partial charge in [-0.2, -0.15) is 0 Å². The highest BCUT2D eigenvalue weighted by atomic mass is 19.1. The molecule has 0 spiro atoms. The molecule has 1 heterocycles. The molecule has 84 valence electrons. The third kappa shape index (κ3) is 1.58. The molecule has 3 rings (SSSR count). The van der Waals surface area contributed by atoms with Crippen LogP contribution in [0, 0.1) is 12.7 Å². The maximum Gasteiger partial charge on any atom is 0.148 e. The summed E-state index contributed by atoms with van der Waals surface area (Å²) in [7, 11) is 0. The maximum absolute atomic E-state index is 13.8. The first kappa shape index (κ1) is 9.96. The van der Waals surface area contributed by atoms with Crippen molar-refractivity contribution in [2.24, 2.45) is 0 Å². The Labute approximate surface area is 97.5 Å². The van der Waals surface area contributed by atoms with Crippen LogP contribution in [-0.4, -0.2) is 15.0 Å². The largest absolute Gasteiger partial charge is 0.210 e. The van der Waals surface area contributed by atoms with Crippen LogP contribution in [0.2, 0.25) is 0 Å². The average Bonchev–Trinajstić information content (AvgIpc) is 2.76. The van der Waals surface area contributed by atoms with Crippen LogP contribution in [0.15, 0.2) is 42.5 Å². The Morgan fingerprint density at radius 3 is 2.82 bits per heavy atom. The molecule has 0 saturated carbocycles. The van der Waals surface area contributed by atoms with E-state index in [0.717, 1.165) is 16.6 Å². The summed E-state index contributed by atoms with van der Waals surface area (Å²) in [5.74, 6) is -0.300. The van der Waals surface area contributed by atoms with Gasteiger partial charge in [-0.25, -0.2) is 9.07 Å². The highest BCUT2D eigenvalue weighted by Crippen LogP contribution is 2.19. The molecule has 2 aromatic carbocycles. The molecule has 0 bridgehead atoms. The van der Waals surface area contributed by atoms with Gasteiger partial charge in [-0.3, -0.25) is 0 Å². The topological polar surface area (TPSA) is 30.7 Å². The molecule has 0 amide bonds. The van der Waals surface area contributed by atoms with Gasteiger partial charge in [0.2, 0.25) is 0 Å². The molecule has 0 aliphatic rings. The highest BCUT2D eigenvalue weighted by molar-refractivity contribution is 5.75. The summed E-state index contributed by atoms with van der Waals surface area (Å²) >= 11 is 0. The molecule has 0 fully saturated rings. The summed E-state index contributed by atoms with van der Waals surface area (Å²) in [5.41, 5.74) is 2.98. The van der Waals surface area contributed by atoms with Gasteiger partial charge in [0.1, 0.15) is 17.0 Å². The van der Waals surface area contributed by atoms with Crippen molar-refractivity contribution in [3.63, 3.8) is 0 Å². The molecule has 0 unspecified atom stereocenters. The quantitative estimate of drug-likeness (QED) is 0.640. The molecule has 1 aromatic heterocycles. The first-order valence-corrected chi connectivity index (χ1v) is 5.33. The molecular weight excluding hydrogens is 217 g/mol. The molecule has 0 aliphatic heterocycles. The molecule has 0 radical (unpaired) electrons. The predicted molar refractivity (Wildman–Crippen MR) is 63.6 cm³/mol. The van der Waals surface area contributed by atoms with E-state index in [2.05, 4.69) is 10.3 Å². The summed E-state index contributed by atoms with van der Waals surface area (Å²) in [5, 5.41) is 8.01. The maximum atomic E-state index is 13.8. The van der Waals surface area contributed by atoms with Gasteiger partial charge in [0.25, 0.3) is 0 Å². The minimum absolute atomic E-state index is 0.300. The number of nitrogens with zero attached hydrogens (tertiary/aromatic N) is 3. The van der Waals surface area contributed by atoms with Crippen LogP contribution < -0.4 is 0 Å². The van der Waals surface area contributed by atoms with Gasteiger partial charge in [0, 0.05) is 0 Å². The van der Waals surface area contributed by atoms with Gasteiger partial charge >= 0.3 is 0 Å². The second-order valence-corrected chi connectivity index (χ2v) is 3.94. The Balaban J connectivity index is 2.31. The molecular formula is C13H10FN3. The SMILES string of the molecule is Cc1ccc(F)c(-n2nnc3ccccc32)c1. The molecule has 0 N–H and O–H groups in total. The lowest BCUT2D eigenvalue weighted by Gasteiger charge is -2.04. The standard InChI is InChI=1S/C13H10FN3/c1-9-6-7-10(14)13(8-9)17-12-5-3-2-4-11(12)15-16-17/h2-8H,1H3. The monoisotopic (exact) mass is 227 g/mol. The smallest absolute Gasteiger partial charge is 0.148 e. The minimum Gasteiger partial charge on any atom is -0.210 e. The second-order valence-electron chi connectivity index (χ2n) is 3.94. The number of para-hydroxylation sites is 1. The fourth-order valence-corrected chi connectivity index (χ4v) is 1.83. The van der Waals surface area contributed by atoms with Crippen molar-refractivity contribution in [1.82, 2.24) is 15.0 Å². The molecule has 4 heteroatoms. The van der Waals surface area contributed by atoms with E-state index in [-0.39, 0.29) is 5.82 Å². The van der Waals surface area contributed by atoms with Crippen LogP contribution in [0.25, 0.3) is 16.7 Å². The Bertz CT molecular complexity index is 688. The van der Waals surface area contributed by atoms with E-state index in [1.165, 1.54) is 10.7 Å². The van der Waals surface area contributed by atoms with Gasteiger partial charge in [0.15, 0.2) is 0 Å². The lowest BCUT2D eigenvalue weighted by atomic mass is 10.2.